The van der Waals surface area contributed by atoms with Gasteiger partial charge in [0, 0.05) is 17.3 Å². The first kappa shape index (κ1) is 8.53. The van der Waals surface area contributed by atoms with Crippen LogP contribution in [0.25, 0.3) is 0 Å². The van der Waals surface area contributed by atoms with Crippen molar-refractivity contribution < 1.29 is 0 Å². The second kappa shape index (κ2) is 2.81. The van der Waals surface area contributed by atoms with Gasteiger partial charge in [0.05, 0.1) is 0 Å². The second-order valence-electron chi connectivity index (χ2n) is 3.13. The molecule has 0 fully saturated rings. The molecule has 1 rings (SSSR count). The molecule has 1 aromatic heterocycles. The fourth-order valence-corrected chi connectivity index (χ4v) is 1.43. The van der Waals surface area contributed by atoms with Crippen LogP contribution in [0.5, 0.6) is 0 Å². The molecule has 0 saturated carbocycles. The number of hydrogen-bond donors (Lipinski definition) is 1. The molecule has 0 aliphatic heterocycles. The van der Waals surface area contributed by atoms with Gasteiger partial charge >= 0.3 is 0 Å². The highest BCUT2D eigenvalue weighted by Gasteiger charge is 2.04. The van der Waals surface area contributed by atoms with Gasteiger partial charge in [0.1, 0.15) is 4.64 Å². The molecule has 1 aromatic rings. The lowest BCUT2D eigenvalue weighted by Crippen LogP contribution is -2.02. The lowest BCUT2D eigenvalue weighted by atomic mass is 10.3. The molecule has 0 aromatic carbocycles. The van der Waals surface area contributed by atoms with Crippen molar-refractivity contribution in [1.82, 2.24) is 9.78 Å². The molecule has 3 heteroatoms. The minimum absolute atomic E-state index is 0.426. The summed E-state index contributed by atoms with van der Waals surface area (Å²) in [5.74, 6) is 0. The van der Waals surface area contributed by atoms with Crippen molar-refractivity contribution in [1.29, 1.82) is 0 Å². The number of aromatic nitrogens is 2. The first-order valence-corrected chi connectivity index (χ1v) is 4.22. The van der Waals surface area contributed by atoms with Crippen molar-refractivity contribution in [3.63, 3.8) is 0 Å². The highest BCUT2D eigenvalue weighted by atomic mass is 32.1. The van der Waals surface area contributed by atoms with Crippen LogP contribution >= 0.6 is 12.2 Å². The summed E-state index contributed by atoms with van der Waals surface area (Å²) in [6, 6.07) is 0.426. The molecule has 0 radical (unpaired) electrons. The number of nitrogens with one attached hydrogen (secondary N) is 1. The van der Waals surface area contributed by atoms with Crippen LogP contribution in [0.3, 0.4) is 0 Å². The molecule has 11 heavy (non-hydrogen) atoms. The number of hydrogen-bond acceptors (Lipinski definition) is 1. The molecule has 0 spiro atoms. The third-order valence-electron chi connectivity index (χ3n) is 1.91. The monoisotopic (exact) mass is 170 g/mol. The van der Waals surface area contributed by atoms with E-state index < -0.39 is 0 Å². The summed E-state index contributed by atoms with van der Waals surface area (Å²) in [6.07, 6.45) is 0. The van der Waals surface area contributed by atoms with Crippen LogP contribution in [0.2, 0.25) is 0 Å². The third kappa shape index (κ3) is 1.38. The Bertz CT molecular complexity index is 306. The molecule has 0 atom stereocenters. The van der Waals surface area contributed by atoms with Gasteiger partial charge < -0.3 is 5.10 Å². The minimum Gasteiger partial charge on any atom is -0.301 e. The lowest BCUT2D eigenvalue weighted by molar-refractivity contribution is 0.523. The zero-order valence-electron chi connectivity index (χ0n) is 7.43. The Balaban J connectivity index is 3.30. The maximum atomic E-state index is 5.22. The van der Waals surface area contributed by atoms with Gasteiger partial charge in [-0.1, -0.05) is 12.2 Å². The lowest BCUT2D eigenvalue weighted by Gasteiger charge is -2.05. The number of rotatable bonds is 1. The molecule has 0 aliphatic rings. The molecular weight excluding hydrogens is 156 g/mol. The molecule has 0 amide bonds. The van der Waals surface area contributed by atoms with E-state index >= 15 is 0 Å². The van der Waals surface area contributed by atoms with Crippen molar-refractivity contribution in [2.75, 3.05) is 0 Å². The molecule has 2 nitrogen and oxygen atoms in total. The molecule has 0 bridgehead atoms. The summed E-state index contributed by atoms with van der Waals surface area (Å²) < 4.78 is 2.94. The third-order valence-corrected chi connectivity index (χ3v) is 2.41. The molecule has 1 N–H and O–H groups in total. The molecule has 0 aliphatic carbocycles. The second-order valence-corrected chi connectivity index (χ2v) is 3.52. The van der Waals surface area contributed by atoms with E-state index in [2.05, 4.69) is 18.9 Å². The van der Waals surface area contributed by atoms with E-state index in [4.69, 9.17) is 12.2 Å². The normalized spacial score (nSPS) is 11.0. The summed E-state index contributed by atoms with van der Waals surface area (Å²) in [5, 5.41) is 3.22. The number of H-pyrrole nitrogens is 1. The van der Waals surface area contributed by atoms with Gasteiger partial charge in [-0.25, -0.2) is 0 Å². The summed E-state index contributed by atoms with van der Waals surface area (Å²) in [7, 11) is 0. The van der Waals surface area contributed by atoms with E-state index in [1.807, 2.05) is 18.5 Å². The minimum atomic E-state index is 0.426. The van der Waals surface area contributed by atoms with E-state index in [1.54, 1.807) is 0 Å². The average Bonchev–Trinajstić information content (AvgIpc) is 2.17. The van der Waals surface area contributed by atoms with Crippen molar-refractivity contribution in [3.8, 4) is 0 Å². The molecule has 62 valence electrons. The fraction of sp³-hybridized carbons (Fsp3) is 0.625. The Hall–Kier alpha value is -0.570. The maximum absolute atomic E-state index is 5.22. The molecule has 1 heterocycles. The van der Waals surface area contributed by atoms with Crippen LogP contribution in [-0.2, 0) is 0 Å². The van der Waals surface area contributed by atoms with Crippen LogP contribution in [0, 0.1) is 18.5 Å². The summed E-state index contributed by atoms with van der Waals surface area (Å²) >= 11 is 5.22. The van der Waals surface area contributed by atoms with E-state index in [1.165, 1.54) is 11.3 Å². The van der Waals surface area contributed by atoms with Crippen molar-refractivity contribution in [2.45, 2.75) is 33.7 Å². The zero-order valence-corrected chi connectivity index (χ0v) is 8.25. The Morgan fingerprint density at radius 2 is 1.91 bits per heavy atom. The van der Waals surface area contributed by atoms with Crippen LogP contribution in [0.15, 0.2) is 0 Å². The van der Waals surface area contributed by atoms with E-state index in [9.17, 15) is 0 Å². The average molecular weight is 170 g/mol. The van der Waals surface area contributed by atoms with Crippen LogP contribution in [0.4, 0.5) is 0 Å². The topological polar surface area (TPSA) is 20.7 Å². The predicted molar refractivity (Wildman–Crippen MR) is 49.5 cm³/mol. The number of aryl methyl sites for hydroxylation is 1. The van der Waals surface area contributed by atoms with Crippen LogP contribution in [0.1, 0.15) is 31.1 Å². The van der Waals surface area contributed by atoms with Gasteiger partial charge in [-0.05, 0) is 27.7 Å². The van der Waals surface area contributed by atoms with Crippen molar-refractivity contribution in [2.24, 2.45) is 0 Å². The standard InChI is InChI=1S/C8H14N2S/c1-5(2)10-8(11)6(3)7(4)9-10/h5,9H,1-4H3. The van der Waals surface area contributed by atoms with Gasteiger partial charge in [-0.3, -0.25) is 4.68 Å². The largest absolute Gasteiger partial charge is 0.301 e. The van der Waals surface area contributed by atoms with Crippen LogP contribution in [-0.4, -0.2) is 9.78 Å². The Morgan fingerprint density at radius 3 is 2.09 bits per heavy atom. The van der Waals surface area contributed by atoms with Gasteiger partial charge in [-0.2, -0.15) is 0 Å². The highest BCUT2D eigenvalue weighted by Crippen LogP contribution is 2.11. The predicted octanol–water partition coefficient (Wildman–Crippen LogP) is 2.74. The van der Waals surface area contributed by atoms with E-state index in [0.717, 1.165) is 4.64 Å². The Morgan fingerprint density at radius 1 is 1.36 bits per heavy atom. The maximum Gasteiger partial charge on any atom is 0.125 e. The van der Waals surface area contributed by atoms with E-state index in [-0.39, 0.29) is 0 Å². The summed E-state index contributed by atoms with van der Waals surface area (Å²) in [4.78, 5) is 0. The van der Waals surface area contributed by atoms with Crippen LogP contribution < -0.4 is 0 Å². The SMILES string of the molecule is Cc1[nH]n(C(C)C)c(=S)c1C. The number of nitrogens with zero attached hydrogens (tertiary/aromatic N) is 1. The quantitative estimate of drug-likeness (QED) is 0.643. The highest BCUT2D eigenvalue weighted by molar-refractivity contribution is 7.71. The summed E-state index contributed by atoms with van der Waals surface area (Å²) in [5.41, 5.74) is 2.36. The zero-order chi connectivity index (χ0) is 8.59. The smallest absolute Gasteiger partial charge is 0.125 e. The van der Waals surface area contributed by atoms with Gasteiger partial charge in [0.25, 0.3) is 0 Å². The first-order chi connectivity index (χ1) is 5.04. The molecule has 0 unspecified atom stereocenters. The fourth-order valence-electron chi connectivity index (χ4n) is 1.02. The summed E-state index contributed by atoms with van der Waals surface area (Å²) in [6.45, 7) is 8.33. The van der Waals surface area contributed by atoms with Gasteiger partial charge in [-0.15, -0.1) is 0 Å². The first-order valence-electron chi connectivity index (χ1n) is 3.81. The van der Waals surface area contributed by atoms with Gasteiger partial charge in [0.15, 0.2) is 0 Å². The van der Waals surface area contributed by atoms with Gasteiger partial charge in [0.2, 0.25) is 0 Å². The molecule has 0 saturated heterocycles. The van der Waals surface area contributed by atoms with Crippen molar-refractivity contribution in [3.05, 3.63) is 15.9 Å². The van der Waals surface area contributed by atoms with Crippen molar-refractivity contribution >= 4 is 12.2 Å². The molecular formula is C8H14N2S. The Kier molecular flexibility index (Phi) is 2.18. The number of aromatic amines is 1. The Labute approximate surface area is 72.2 Å². The van der Waals surface area contributed by atoms with E-state index in [0.29, 0.717) is 6.04 Å².